The van der Waals surface area contributed by atoms with Crippen molar-refractivity contribution < 1.29 is 21.6 Å². The summed E-state index contributed by atoms with van der Waals surface area (Å²) in [6.45, 7) is 0.158. The summed E-state index contributed by atoms with van der Waals surface area (Å²) < 4.78 is 63.8. The summed E-state index contributed by atoms with van der Waals surface area (Å²) in [5, 5.41) is 6.51. The van der Waals surface area contributed by atoms with Crippen LogP contribution in [0.1, 0.15) is 12.8 Å². The summed E-state index contributed by atoms with van der Waals surface area (Å²) in [7, 11) is -1.99. The topological polar surface area (TPSA) is 67.2 Å². The molecule has 2 rings (SSSR count). The predicted molar refractivity (Wildman–Crippen MR) is 73.7 cm³/mol. The summed E-state index contributed by atoms with van der Waals surface area (Å²) in [4.78, 5) is -0.193. The number of sulfonamides is 1. The number of alkyl halides is 3. The van der Waals surface area contributed by atoms with Gasteiger partial charge in [-0.2, -0.15) is 22.6 Å². The molecule has 0 spiro atoms. The Kier molecular flexibility index (Phi) is 5.13. The Morgan fingerprint density at radius 2 is 2.18 bits per heavy atom. The van der Waals surface area contributed by atoms with Crippen LogP contribution in [0.25, 0.3) is 0 Å². The van der Waals surface area contributed by atoms with Crippen molar-refractivity contribution in [1.29, 1.82) is 0 Å². The molecule has 6 nitrogen and oxygen atoms in total. The standard InChI is InChI=1S/C12H19F3N4O2S/c1-16-5-10-3-2-4-19(7-10)22(20,21)11-6-17-18(8-11)9-12(13,14)15/h6,8,10,16H,2-5,7,9H2,1H3. The van der Waals surface area contributed by atoms with E-state index < -0.39 is 22.7 Å². The van der Waals surface area contributed by atoms with Gasteiger partial charge >= 0.3 is 6.18 Å². The summed E-state index contributed by atoms with van der Waals surface area (Å²) in [5.74, 6) is 0.207. The highest BCUT2D eigenvalue weighted by Gasteiger charge is 2.33. The Bertz CT molecular complexity index is 598. The van der Waals surface area contributed by atoms with Crippen LogP contribution in [-0.4, -0.2) is 55.4 Å². The molecule has 2 heterocycles. The molecule has 1 aliphatic heterocycles. The third-order valence-corrected chi connectivity index (χ3v) is 5.38. The van der Waals surface area contributed by atoms with Crippen LogP contribution in [0.2, 0.25) is 0 Å². The van der Waals surface area contributed by atoms with Crippen molar-refractivity contribution in [3.63, 3.8) is 0 Å². The molecule has 1 fully saturated rings. The van der Waals surface area contributed by atoms with E-state index in [9.17, 15) is 21.6 Å². The smallest absolute Gasteiger partial charge is 0.319 e. The van der Waals surface area contributed by atoms with Crippen molar-refractivity contribution >= 4 is 10.0 Å². The van der Waals surface area contributed by atoms with E-state index >= 15 is 0 Å². The van der Waals surface area contributed by atoms with Gasteiger partial charge in [0, 0.05) is 19.3 Å². The summed E-state index contributed by atoms with van der Waals surface area (Å²) in [5.41, 5.74) is 0. The lowest BCUT2D eigenvalue weighted by Gasteiger charge is -2.31. The fraction of sp³-hybridized carbons (Fsp3) is 0.750. The number of rotatable bonds is 5. The van der Waals surface area contributed by atoms with Crippen molar-refractivity contribution in [1.82, 2.24) is 19.4 Å². The first-order chi connectivity index (χ1) is 10.2. The Balaban J connectivity index is 2.13. The van der Waals surface area contributed by atoms with Crippen molar-refractivity contribution in [3.05, 3.63) is 12.4 Å². The number of hydrogen-bond donors (Lipinski definition) is 1. The molecule has 1 saturated heterocycles. The average molecular weight is 340 g/mol. The van der Waals surface area contributed by atoms with Gasteiger partial charge in [0.25, 0.3) is 0 Å². The quantitative estimate of drug-likeness (QED) is 0.871. The van der Waals surface area contributed by atoms with E-state index in [4.69, 9.17) is 0 Å². The van der Waals surface area contributed by atoms with Gasteiger partial charge in [-0.25, -0.2) is 8.42 Å². The van der Waals surface area contributed by atoms with Gasteiger partial charge in [-0.1, -0.05) is 0 Å². The third kappa shape index (κ3) is 4.20. The van der Waals surface area contributed by atoms with Gasteiger partial charge in [0.2, 0.25) is 10.0 Å². The lowest BCUT2D eigenvalue weighted by Crippen LogP contribution is -2.42. The first-order valence-corrected chi connectivity index (χ1v) is 8.40. The van der Waals surface area contributed by atoms with Crippen LogP contribution in [0, 0.1) is 5.92 Å². The number of halogens is 3. The third-order valence-electron chi connectivity index (χ3n) is 3.56. The minimum atomic E-state index is -4.43. The largest absolute Gasteiger partial charge is 0.408 e. The Labute approximate surface area is 127 Å². The summed E-state index contributed by atoms with van der Waals surface area (Å²) in [6, 6.07) is 0. The lowest BCUT2D eigenvalue weighted by molar-refractivity contribution is -0.142. The minimum absolute atomic E-state index is 0.193. The van der Waals surface area contributed by atoms with Gasteiger partial charge in [-0.15, -0.1) is 0 Å². The highest BCUT2D eigenvalue weighted by molar-refractivity contribution is 7.89. The van der Waals surface area contributed by atoms with Crippen LogP contribution in [0.3, 0.4) is 0 Å². The number of hydrogen-bond acceptors (Lipinski definition) is 4. The number of piperidine rings is 1. The highest BCUT2D eigenvalue weighted by atomic mass is 32.2. The Morgan fingerprint density at radius 3 is 2.82 bits per heavy atom. The molecule has 0 aromatic carbocycles. The van der Waals surface area contributed by atoms with Crippen molar-refractivity contribution in [2.45, 2.75) is 30.5 Å². The average Bonchev–Trinajstić information content (AvgIpc) is 2.86. The lowest BCUT2D eigenvalue weighted by atomic mass is 10.00. The predicted octanol–water partition coefficient (Wildman–Crippen LogP) is 1.07. The maximum atomic E-state index is 12.5. The molecule has 0 radical (unpaired) electrons. The molecule has 126 valence electrons. The fourth-order valence-corrected chi connectivity index (χ4v) is 4.11. The van der Waals surface area contributed by atoms with Crippen LogP contribution in [-0.2, 0) is 16.6 Å². The first-order valence-electron chi connectivity index (χ1n) is 6.96. The van der Waals surface area contributed by atoms with Crippen molar-refractivity contribution in [3.8, 4) is 0 Å². The molecular weight excluding hydrogens is 321 g/mol. The maximum absolute atomic E-state index is 12.5. The summed E-state index contributed by atoms with van der Waals surface area (Å²) >= 11 is 0. The number of nitrogens with one attached hydrogen (secondary N) is 1. The van der Waals surface area contributed by atoms with E-state index in [0.29, 0.717) is 24.3 Å². The van der Waals surface area contributed by atoms with Crippen LogP contribution < -0.4 is 5.32 Å². The van der Waals surface area contributed by atoms with E-state index in [0.717, 1.165) is 25.2 Å². The molecule has 10 heteroatoms. The van der Waals surface area contributed by atoms with E-state index in [1.165, 1.54) is 4.31 Å². The van der Waals surface area contributed by atoms with Gasteiger partial charge in [-0.3, -0.25) is 4.68 Å². The zero-order valence-corrected chi connectivity index (χ0v) is 13.0. The molecule has 1 aromatic heterocycles. The molecule has 1 aromatic rings. The van der Waals surface area contributed by atoms with Crippen LogP contribution >= 0.6 is 0 Å². The molecule has 1 aliphatic rings. The fourth-order valence-electron chi connectivity index (χ4n) is 2.60. The van der Waals surface area contributed by atoms with Gasteiger partial charge < -0.3 is 5.32 Å². The molecule has 0 amide bonds. The van der Waals surface area contributed by atoms with E-state index in [1.54, 1.807) is 7.05 Å². The van der Waals surface area contributed by atoms with Gasteiger partial charge in [0.1, 0.15) is 11.4 Å². The molecule has 0 bridgehead atoms. The Morgan fingerprint density at radius 1 is 1.45 bits per heavy atom. The van der Waals surface area contributed by atoms with E-state index in [-0.39, 0.29) is 10.8 Å². The summed E-state index contributed by atoms with van der Waals surface area (Å²) in [6.07, 6.45) is -0.855. The SMILES string of the molecule is CNCC1CCCN(S(=O)(=O)c2cnn(CC(F)(F)F)c2)C1. The monoisotopic (exact) mass is 340 g/mol. The van der Waals surface area contributed by atoms with Crippen LogP contribution in [0.15, 0.2) is 17.3 Å². The van der Waals surface area contributed by atoms with Gasteiger partial charge in [-0.05, 0) is 32.4 Å². The van der Waals surface area contributed by atoms with E-state index in [2.05, 4.69) is 10.4 Å². The molecule has 22 heavy (non-hydrogen) atoms. The zero-order valence-electron chi connectivity index (χ0n) is 12.2. The molecule has 1 atom stereocenters. The van der Waals surface area contributed by atoms with Gasteiger partial charge in [0.15, 0.2) is 0 Å². The normalized spacial score (nSPS) is 21.2. The molecule has 0 saturated carbocycles. The zero-order chi connectivity index (χ0) is 16.4. The molecule has 1 N–H and O–H groups in total. The first kappa shape index (κ1) is 17.2. The highest BCUT2D eigenvalue weighted by Crippen LogP contribution is 2.24. The minimum Gasteiger partial charge on any atom is -0.319 e. The molecular formula is C12H19F3N4O2S. The van der Waals surface area contributed by atoms with Crippen LogP contribution in [0.4, 0.5) is 13.2 Å². The van der Waals surface area contributed by atoms with E-state index in [1.807, 2.05) is 0 Å². The number of aromatic nitrogens is 2. The van der Waals surface area contributed by atoms with Crippen molar-refractivity contribution in [2.75, 3.05) is 26.7 Å². The second-order valence-electron chi connectivity index (χ2n) is 5.42. The second kappa shape index (κ2) is 6.55. The molecule has 0 aliphatic carbocycles. The second-order valence-corrected chi connectivity index (χ2v) is 7.36. The van der Waals surface area contributed by atoms with Gasteiger partial charge in [0.05, 0.1) is 6.20 Å². The van der Waals surface area contributed by atoms with Crippen LogP contribution in [0.5, 0.6) is 0 Å². The van der Waals surface area contributed by atoms with Crippen molar-refractivity contribution in [2.24, 2.45) is 5.92 Å². The maximum Gasteiger partial charge on any atom is 0.408 e. The number of nitrogens with zero attached hydrogens (tertiary/aromatic N) is 3. The molecule has 1 unspecified atom stereocenters. The Hall–Kier alpha value is -1.13.